The molecular weight excluding hydrogens is 178 g/mol. The second kappa shape index (κ2) is 5.66. The maximum atomic E-state index is 5.61. The molecule has 1 heterocycles. The number of likely N-dealkylation sites (N-methyl/N-ethyl adjacent to an activating group) is 1. The summed E-state index contributed by atoms with van der Waals surface area (Å²) >= 11 is 0. The van der Waals surface area contributed by atoms with Gasteiger partial charge in [0.15, 0.2) is 0 Å². The maximum Gasteiger partial charge on any atom is 0.0820 e. The van der Waals surface area contributed by atoms with E-state index in [1.165, 1.54) is 0 Å². The first-order valence-electron chi connectivity index (χ1n) is 5.32. The largest absolute Gasteiger partial charge is 0.379 e. The molecule has 0 amide bonds. The van der Waals surface area contributed by atoms with Crippen molar-refractivity contribution in [3.63, 3.8) is 0 Å². The van der Waals surface area contributed by atoms with Crippen LogP contribution in [0, 0.1) is 0 Å². The van der Waals surface area contributed by atoms with Gasteiger partial charge in [-0.1, -0.05) is 0 Å². The minimum Gasteiger partial charge on any atom is -0.379 e. The van der Waals surface area contributed by atoms with Gasteiger partial charge in [0.25, 0.3) is 0 Å². The summed E-state index contributed by atoms with van der Waals surface area (Å²) < 4.78 is 5.30. The van der Waals surface area contributed by atoms with E-state index in [0.717, 1.165) is 26.2 Å². The number of piperazine rings is 1. The Morgan fingerprint density at radius 3 is 2.71 bits per heavy atom. The van der Waals surface area contributed by atoms with Crippen LogP contribution < -0.4 is 5.73 Å². The fourth-order valence-corrected chi connectivity index (χ4v) is 1.96. The van der Waals surface area contributed by atoms with Gasteiger partial charge in [-0.05, 0) is 14.0 Å². The Kier molecular flexibility index (Phi) is 4.81. The van der Waals surface area contributed by atoms with Crippen LogP contribution in [0.4, 0.5) is 0 Å². The average Bonchev–Trinajstić information content (AvgIpc) is 2.17. The van der Waals surface area contributed by atoms with Crippen molar-refractivity contribution in [2.75, 3.05) is 46.9 Å². The molecule has 0 aromatic carbocycles. The van der Waals surface area contributed by atoms with E-state index in [0.29, 0.717) is 12.6 Å². The van der Waals surface area contributed by atoms with Crippen molar-refractivity contribution in [3.05, 3.63) is 0 Å². The molecule has 0 bridgehead atoms. The molecule has 0 aliphatic carbocycles. The second-order valence-electron chi connectivity index (χ2n) is 4.20. The van der Waals surface area contributed by atoms with Crippen LogP contribution in [-0.2, 0) is 4.74 Å². The SMILES string of the molecule is COC(CN)CN1CCN(C)CC1C. The van der Waals surface area contributed by atoms with Crippen molar-refractivity contribution in [2.45, 2.75) is 19.1 Å². The zero-order valence-electron chi connectivity index (χ0n) is 9.57. The summed E-state index contributed by atoms with van der Waals surface area (Å²) in [6.07, 6.45) is 0.181. The number of nitrogens with two attached hydrogens (primary N) is 1. The van der Waals surface area contributed by atoms with Crippen molar-refractivity contribution in [3.8, 4) is 0 Å². The molecule has 0 aromatic heterocycles. The van der Waals surface area contributed by atoms with Gasteiger partial charge in [-0.15, -0.1) is 0 Å². The maximum absolute atomic E-state index is 5.61. The third-order valence-electron chi connectivity index (χ3n) is 3.00. The fraction of sp³-hybridized carbons (Fsp3) is 1.00. The highest BCUT2D eigenvalue weighted by Gasteiger charge is 2.23. The lowest BCUT2D eigenvalue weighted by Crippen LogP contribution is -2.53. The Morgan fingerprint density at radius 2 is 2.21 bits per heavy atom. The first-order chi connectivity index (χ1) is 6.67. The van der Waals surface area contributed by atoms with Gasteiger partial charge >= 0.3 is 0 Å². The molecule has 1 aliphatic rings. The van der Waals surface area contributed by atoms with Crippen LogP contribution in [0.5, 0.6) is 0 Å². The van der Waals surface area contributed by atoms with Gasteiger partial charge in [0.1, 0.15) is 0 Å². The van der Waals surface area contributed by atoms with Crippen LogP contribution >= 0.6 is 0 Å². The summed E-state index contributed by atoms with van der Waals surface area (Å²) in [6.45, 7) is 7.24. The van der Waals surface area contributed by atoms with E-state index in [1.807, 2.05) is 0 Å². The smallest absolute Gasteiger partial charge is 0.0820 e. The lowest BCUT2D eigenvalue weighted by atomic mass is 10.2. The molecule has 2 atom stereocenters. The van der Waals surface area contributed by atoms with Crippen LogP contribution in [0.15, 0.2) is 0 Å². The Labute approximate surface area is 87.0 Å². The summed E-state index contributed by atoms with van der Waals surface area (Å²) in [5, 5.41) is 0. The van der Waals surface area contributed by atoms with Crippen LogP contribution in [-0.4, -0.2) is 68.8 Å². The van der Waals surface area contributed by atoms with E-state index in [1.54, 1.807) is 7.11 Å². The third-order valence-corrected chi connectivity index (χ3v) is 3.00. The van der Waals surface area contributed by atoms with E-state index in [-0.39, 0.29) is 6.10 Å². The minimum atomic E-state index is 0.181. The van der Waals surface area contributed by atoms with Gasteiger partial charge in [-0.2, -0.15) is 0 Å². The minimum absolute atomic E-state index is 0.181. The predicted molar refractivity (Wildman–Crippen MR) is 58.4 cm³/mol. The molecule has 14 heavy (non-hydrogen) atoms. The quantitative estimate of drug-likeness (QED) is 0.672. The summed E-state index contributed by atoms with van der Waals surface area (Å²) in [5.74, 6) is 0. The molecule has 0 radical (unpaired) electrons. The van der Waals surface area contributed by atoms with Crippen molar-refractivity contribution in [2.24, 2.45) is 5.73 Å². The molecule has 4 heteroatoms. The van der Waals surface area contributed by atoms with Crippen LogP contribution in [0.2, 0.25) is 0 Å². The standard InChI is InChI=1S/C10H23N3O/c1-9-7-12(2)4-5-13(9)8-10(6-11)14-3/h9-10H,4-8,11H2,1-3H3. The Hall–Kier alpha value is -0.160. The van der Waals surface area contributed by atoms with Crippen LogP contribution in [0.25, 0.3) is 0 Å². The molecule has 2 unspecified atom stereocenters. The number of hydrogen-bond donors (Lipinski definition) is 1. The highest BCUT2D eigenvalue weighted by molar-refractivity contribution is 4.79. The molecular formula is C10H23N3O. The summed E-state index contributed by atoms with van der Waals surface area (Å²) in [4.78, 5) is 4.83. The van der Waals surface area contributed by atoms with E-state index < -0.39 is 0 Å². The van der Waals surface area contributed by atoms with Crippen molar-refractivity contribution >= 4 is 0 Å². The molecule has 1 aliphatic heterocycles. The monoisotopic (exact) mass is 201 g/mol. The van der Waals surface area contributed by atoms with Gasteiger partial charge in [0, 0.05) is 45.9 Å². The van der Waals surface area contributed by atoms with Gasteiger partial charge in [0.2, 0.25) is 0 Å². The van der Waals surface area contributed by atoms with Gasteiger partial charge < -0.3 is 15.4 Å². The van der Waals surface area contributed by atoms with Gasteiger partial charge in [-0.25, -0.2) is 0 Å². The van der Waals surface area contributed by atoms with Crippen molar-refractivity contribution in [1.82, 2.24) is 9.80 Å². The van der Waals surface area contributed by atoms with Gasteiger partial charge in [0.05, 0.1) is 6.10 Å². The Balaban J connectivity index is 2.36. The predicted octanol–water partition coefficient (Wildman–Crippen LogP) is -0.404. The lowest BCUT2D eigenvalue weighted by molar-refractivity contribution is 0.0285. The topological polar surface area (TPSA) is 41.7 Å². The molecule has 84 valence electrons. The zero-order valence-corrected chi connectivity index (χ0v) is 9.57. The van der Waals surface area contributed by atoms with E-state index in [4.69, 9.17) is 10.5 Å². The summed E-state index contributed by atoms with van der Waals surface area (Å²) in [6, 6.07) is 0.609. The number of methoxy groups -OCH3 is 1. The van der Waals surface area contributed by atoms with E-state index in [9.17, 15) is 0 Å². The van der Waals surface area contributed by atoms with Crippen molar-refractivity contribution in [1.29, 1.82) is 0 Å². The first kappa shape index (κ1) is 11.9. The summed E-state index contributed by atoms with van der Waals surface area (Å²) in [5.41, 5.74) is 5.61. The normalized spacial score (nSPS) is 27.9. The van der Waals surface area contributed by atoms with Crippen LogP contribution in [0.3, 0.4) is 0 Å². The Morgan fingerprint density at radius 1 is 1.50 bits per heavy atom. The fourth-order valence-electron chi connectivity index (χ4n) is 1.96. The molecule has 1 fully saturated rings. The molecule has 0 spiro atoms. The van der Waals surface area contributed by atoms with Crippen molar-refractivity contribution < 1.29 is 4.74 Å². The molecule has 1 rings (SSSR count). The molecule has 4 nitrogen and oxygen atoms in total. The van der Waals surface area contributed by atoms with E-state index >= 15 is 0 Å². The zero-order chi connectivity index (χ0) is 10.6. The molecule has 1 saturated heterocycles. The summed E-state index contributed by atoms with van der Waals surface area (Å²) in [7, 11) is 3.91. The lowest BCUT2D eigenvalue weighted by Gasteiger charge is -2.39. The average molecular weight is 201 g/mol. The number of hydrogen-bond acceptors (Lipinski definition) is 4. The van der Waals surface area contributed by atoms with Crippen LogP contribution in [0.1, 0.15) is 6.92 Å². The highest BCUT2D eigenvalue weighted by Crippen LogP contribution is 2.08. The van der Waals surface area contributed by atoms with E-state index in [2.05, 4.69) is 23.8 Å². The number of ether oxygens (including phenoxy) is 1. The third kappa shape index (κ3) is 3.20. The first-order valence-corrected chi connectivity index (χ1v) is 5.32. The molecule has 2 N–H and O–H groups in total. The number of nitrogens with zero attached hydrogens (tertiary/aromatic N) is 2. The molecule has 0 aromatic rings. The highest BCUT2D eigenvalue weighted by atomic mass is 16.5. The van der Waals surface area contributed by atoms with Gasteiger partial charge in [-0.3, -0.25) is 4.90 Å². The Bertz CT molecular complexity index is 161. The second-order valence-corrected chi connectivity index (χ2v) is 4.20. The number of rotatable bonds is 4. The molecule has 0 saturated carbocycles.